The van der Waals surface area contributed by atoms with Crippen LogP contribution in [0.3, 0.4) is 0 Å². The summed E-state index contributed by atoms with van der Waals surface area (Å²) in [6.07, 6.45) is 9.00. The van der Waals surface area contributed by atoms with Crippen LogP contribution in [0.1, 0.15) is 12.8 Å². The lowest BCUT2D eigenvalue weighted by Crippen LogP contribution is -2.37. The maximum Gasteiger partial charge on any atom is 0.0594 e. The van der Waals surface area contributed by atoms with Gasteiger partial charge in [0.15, 0.2) is 0 Å². The molecule has 3 heteroatoms. The second kappa shape index (κ2) is 5.83. The lowest BCUT2D eigenvalue weighted by molar-refractivity contribution is 0.0361. The molecule has 0 spiro atoms. The summed E-state index contributed by atoms with van der Waals surface area (Å²) in [4.78, 5) is 2.50. The molecule has 1 heterocycles. The number of hydrogen-bond acceptors (Lipinski definition) is 2. The fourth-order valence-corrected chi connectivity index (χ4v) is 2.64. The number of morpholine rings is 1. The van der Waals surface area contributed by atoms with Crippen molar-refractivity contribution < 1.29 is 4.74 Å². The van der Waals surface area contributed by atoms with Crippen molar-refractivity contribution in [2.45, 2.75) is 12.8 Å². The zero-order chi connectivity index (χ0) is 10.5. The Balaban J connectivity index is 1.73. The van der Waals surface area contributed by atoms with Gasteiger partial charge < -0.3 is 4.74 Å². The molecular formula is C12H18BrNO. The van der Waals surface area contributed by atoms with E-state index in [1.807, 2.05) is 0 Å². The van der Waals surface area contributed by atoms with Crippen LogP contribution in [0.5, 0.6) is 0 Å². The van der Waals surface area contributed by atoms with Crippen LogP contribution in [0.4, 0.5) is 0 Å². The molecule has 0 aromatic carbocycles. The first-order valence-corrected chi connectivity index (χ1v) is 6.48. The van der Waals surface area contributed by atoms with E-state index >= 15 is 0 Å². The molecule has 1 unspecified atom stereocenters. The molecule has 0 amide bonds. The normalized spacial score (nSPS) is 27.8. The average Bonchev–Trinajstić information content (AvgIpc) is 2.29. The third-order valence-electron chi connectivity index (χ3n) is 3.10. The standard InChI is InChI=1S/C12H18BrNO/c13-12-4-2-1-3-11(12)5-6-14-7-9-15-10-8-14/h1-2,4,11H,3,5-10H2. The van der Waals surface area contributed by atoms with Gasteiger partial charge in [0.2, 0.25) is 0 Å². The molecule has 1 fully saturated rings. The minimum absolute atomic E-state index is 0.692. The number of halogens is 1. The van der Waals surface area contributed by atoms with Gasteiger partial charge in [-0.3, -0.25) is 4.90 Å². The Morgan fingerprint density at radius 2 is 2.20 bits per heavy atom. The zero-order valence-electron chi connectivity index (χ0n) is 8.99. The summed E-state index contributed by atoms with van der Waals surface area (Å²) in [6.45, 7) is 5.21. The Kier molecular flexibility index (Phi) is 4.42. The van der Waals surface area contributed by atoms with Crippen LogP contribution in [0.15, 0.2) is 22.7 Å². The Labute approximate surface area is 100 Å². The highest BCUT2D eigenvalue weighted by Crippen LogP contribution is 2.28. The van der Waals surface area contributed by atoms with Crippen molar-refractivity contribution in [3.8, 4) is 0 Å². The topological polar surface area (TPSA) is 12.5 Å². The van der Waals surface area contributed by atoms with E-state index in [-0.39, 0.29) is 0 Å². The molecule has 84 valence electrons. The van der Waals surface area contributed by atoms with Crippen LogP contribution in [0.25, 0.3) is 0 Å². The number of nitrogens with zero attached hydrogens (tertiary/aromatic N) is 1. The van der Waals surface area contributed by atoms with E-state index in [4.69, 9.17) is 4.74 Å². The van der Waals surface area contributed by atoms with Gasteiger partial charge in [-0.05, 0) is 29.8 Å². The second-order valence-corrected chi connectivity index (χ2v) is 5.07. The third-order valence-corrected chi connectivity index (χ3v) is 4.01. The van der Waals surface area contributed by atoms with Gasteiger partial charge in [0.25, 0.3) is 0 Å². The fraction of sp³-hybridized carbons (Fsp3) is 0.667. The Bertz CT molecular complexity index is 256. The van der Waals surface area contributed by atoms with Gasteiger partial charge in [-0.25, -0.2) is 0 Å². The monoisotopic (exact) mass is 271 g/mol. The molecule has 0 bridgehead atoms. The first-order valence-electron chi connectivity index (χ1n) is 5.68. The molecule has 0 radical (unpaired) electrons. The van der Waals surface area contributed by atoms with Crippen molar-refractivity contribution in [1.29, 1.82) is 0 Å². The largest absolute Gasteiger partial charge is 0.379 e. The first kappa shape index (κ1) is 11.4. The van der Waals surface area contributed by atoms with E-state index in [0.29, 0.717) is 5.92 Å². The first-order chi connectivity index (χ1) is 7.36. The number of allylic oxidation sites excluding steroid dienone is 4. The van der Waals surface area contributed by atoms with E-state index < -0.39 is 0 Å². The van der Waals surface area contributed by atoms with Gasteiger partial charge in [-0.15, -0.1) is 0 Å². The number of hydrogen-bond donors (Lipinski definition) is 0. The van der Waals surface area contributed by atoms with Crippen LogP contribution < -0.4 is 0 Å². The van der Waals surface area contributed by atoms with E-state index in [1.165, 1.54) is 23.9 Å². The summed E-state index contributed by atoms with van der Waals surface area (Å²) < 4.78 is 6.70. The molecule has 1 atom stereocenters. The van der Waals surface area contributed by atoms with E-state index in [1.54, 1.807) is 0 Å². The summed E-state index contributed by atoms with van der Waals surface area (Å²) in [5.74, 6) is 0.692. The minimum Gasteiger partial charge on any atom is -0.379 e. The van der Waals surface area contributed by atoms with Gasteiger partial charge in [0, 0.05) is 13.1 Å². The molecule has 15 heavy (non-hydrogen) atoms. The van der Waals surface area contributed by atoms with Gasteiger partial charge in [-0.2, -0.15) is 0 Å². The molecule has 2 aliphatic rings. The van der Waals surface area contributed by atoms with E-state index in [2.05, 4.69) is 39.1 Å². The Morgan fingerprint density at radius 3 is 2.93 bits per heavy atom. The summed E-state index contributed by atoms with van der Waals surface area (Å²) in [5, 5.41) is 0. The highest BCUT2D eigenvalue weighted by molar-refractivity contribution is 9.11. The van der Waals surface area contributed by atoms with Crippen LogP contribution in [-0.2, 0) is 4.74 Å². The minimum atomic E-state index is 0.692. The molecular weight excluding hydrogens is 254 g/mol. The highest BCUT2D eigenvalue weighted by Gasteiger charge is 2.16. The van der Waals surface area contributed by atoms with Crippen LogP contribution in [-0.4, -0.2) is 37.7 Å². The molecule has 0 aromatic rings. The summed E-state index contributed by atoms with van der Waals surface area (Å²) in [7, 11) is 0. The Hall–Kier alpha value is -0.120. The van der Waals surface area contributed by atoms with Crippen molar-refractivity contribution in [2.24, 2.45) is 5.92 Å². The summed E-state index contributed by atoms with van der Waals surface area (Å²) >= 11 is 3.65. The van der Waals surface area contributed by atoms with Crippen molar-refractivity contribution in [1.82, 2.24) is 4.90 Å². The second-order valence-electron chi connectivity index (χ2n) is 4.16. The fourth-order valence-electron chi connectivity index (χ4n) is 2.07. The van der Waals surface area contributed by atoms with Crippen LogP contribution >= 0.6 is 15.9 Å². The molecule has 0 aromatic heterocycles. The van der Waals surface area contributed by atoms with Crippen molar-refractivity contribution in [3.63, 3.8) is 0 Å². The average molecular weight is 272 g/mol. The molecule has 1 aliphatic carbocycles. The predicted octanol–water partition coefficient (Wildman–Crippen LogP) is 2.56. The smallest absolute Gasteiger partial charge is 0.0594 e. The number of rotatable bonds is 3. The lowest BCUT2D eigenvalue weighted by atomic mass is 9.97. The van der Waals surface area contributed by atoms with Gasteiger partial charge in [0.05, 0.1) is 13.2 Å². The maximum atomic E-state index is 5.34. The predicted molar refractivity (Wildman–Crippen MR) is 66.1 cm³/mol. The van der Waals surface area contributed by atoms with Crippen molar-refractivity contribution >= 4 is 15.9 Å². The van der Waals surface area contributed by atoms with E-state index in [9.17, 15) is 0 Å². The molecule has 1 saturated heterocycles. The molecule has 2 nitrogen and oxygen atoms in total. The molecule has 2 rings (SSSR count). The highest BCUT2D eigenvalue weighted by atomic mass is 79.9. The molecule has 0 N–H and O–H groups in total. The number of ether oxygens (including phenoxy) is 1. The summed E-state index contributed by atoms with van der Waals surface area (Å²) in [6, 6.07) is 0. The SMILES string of the molecule is BrC1=CC=CCC1CCN1CCOCC1. The van der Waals surface area contributed by atoms with Crippen molar-refractivity contribution in [3.05, 3.63) is 22.7 Å². The van der Waals surface area contributed by atoms with Crippen molar-refractivity contribution in [2.75, 3.05) is 32.8 Å². The quantitative estimate of drug-likeness (QED) is 0.783. The van der Waals surface area contributed by atoms with Crippen LogP contribution in [0.2, 0.25) is 0 Å². The Morgan fingerprint density at radius 1 is 1.40 bits per heavy atom. The molecule has 1 aliphatic heterocycles. The van der Waals surface area contributed by atoms with E-state index in [0.717, 1.165) is 26.3 Å². The summed E-state index contributed by atoms with van der Waals surface area (Å²) in [5.41, 5.74) is 0. The van der Waals surface area contributed by atoms with Gasteiger partial charge in [-0.1, -0.05) is 34.2 Å². The lowest BCUT2D eigenvalue weighted by Gasteiger charge is -2.28. The third kappa shape index (κ3) is 3.44. The zero-order valence-corrected chi connectivity index (χ0v) is 10.6. The molecule has 0 saturated carbocycles. The van der Waals surface area contributed by atoms with Gasteiger partial charge in [0.1, 0.15) is 0 Å². The van der Waals surface area contributed by atoms with Crippen LogP contribution in [0, 0.1) is 5.92 Å². The maximum absolute atomic E-state index is 5.34. The van der Waals surface area contributed by atoms with Gasteiger partial charge >= 0.3 is 0 Å².